The highest BCUT2D eigenvalue weighted by molar-refractivity contribution is 7.26. The van der Waals surface area contributed by atoms with Crippen LogP contribution in [0.2, 0.25) is 0 Å². The summed E-state index contributed by atoms with van der Waals surface area (Å²) in [5.74, 6) is 0. The fourth-order valence-corrected chi connectivity index (χ4v) is 14.1. The number of fused-ring (bicyclic) bond motifs is 14. The Balaban J connectivity index is 1.16. The van der Waals surface area contributed by atoms with Gasteiger partial charge < -0.3 is 9.38 Å². The van der Waals surface area contributed by atoms with Gasteiger partial charge in [-0.05, 0) is 127 Å². The lowest BCUT2D eigenvalue weighted by atomic mass is 9.43. The third-order valence-electron chi connectivity index (χ3n) is 16.3. The molecule has 0 fully saturated rings. The number of hydrogen-bond donors (Lipinski definition) is 0. The molecule has 4 heterocycles. The average Bonchev–Trinajstić information content (AvgIpc) is 4.02. The second kappa shape index (κ2) is 14.6. The van der Waals surface area contributed by atoms with Gasteiger partial charge in [-0.2, -0.15) is 0 Å². The minimum atomic E-state index is -0.184. The standard InChI is InChI=1S/C67H49BN2S/c1-66(2,3)45-30-32-58(48(36-45)42-23-13-8-14-24-42)70-59-38-49-46-25-15-17-27-54(46)67(4,5)55(49)37-53(59)62-63-60(39-52-47-26-16-18-28-61(47)71-65(52)62)69-57-31-29-43(40-19-9-6-10-20-40)33-50(57)51-34-44(41-21-11-7-12-22-41)35-56(64(51)69)68(63)70/h6-39H,1-5H3. The zero-order valence-electron chi connectivity index (χ0n) is 40.5. The van der Waals surface area contributed by atoms with E-state index in [-0.39, 0.29) is 17.7 Å². The van der Waals surface area contributed by atoms with Crippen LogP contribution in [0.3, 0.4) is 0 Å². The molecule has 0 bridgehead atoms. The second-order valence-electron chi connectivity index (χ2n) is 21.6. The van der Waals surface area contributed by atoms with E-state index in [1.807, 2.05) is 11.3 Å². The van der Waals surface area contributed by atoms with E-state index in [2.05, 4.69) is 250 Å². The average molecular weight is 925 g/mol. The van der Waals surface area contributed by atoms with Gasteiger partial charge in [0.05, 0.1) is 11.0 Å². The van der Waals surface area contributed by atoms with Crippen LogP contribution in [0.1, 0.15) is 51.3 Å². The Kier molecular flexibility index (Phi) is 8.40. The Bertz CT molecular complexity index is 4230. The molecule has 0 unspecified atom stereocenters. The van der Waals surface area contributed by atoms with Gasteiger partial charge >= 0.3 is 6.85 Å². The summed E-state index contributed by atoms with van der Waals surface area (Å²) >= 11 is 1.96. The molecule has 0 radical (unpaired) electrons. The predicted octanol–water partition coefficient (Wildman–Crippen LogP) is 17.0. The molecule has 2 aromatic heterocycles. The molecule has 2 nitrogen and oxygen atoms in total. The molecule has 1 aliphatic carbocycles. The summed E-state index contributed by atoms with van der Waals surface area (Å²) < 4.78 is 5.33. The molecule has 0 atom stereocenters. The smallest absolute Gasteiger partial charge is 0.333 e. The summed E-state index contributed by atoms with van der Waals surface area (Å²) in [6.07, 6.45) is 0. The molecule has 12 aromatic rings. The lowest BCUT2D eigenvalue weighted by Crippen LogP contribution is -2.60. The number of thiophene rings is 1. The third-order valence-corrected chi connectivity index (χ3v) is 17.5. The Morgan fingerprint density at radius 2 is 1.13 bits per heavy atom. The van der Waals surface area contributed by atoms with Crippen molar-refractivity contribution in [2.75, 3.05) is 4.81 Å². The fourth-order valence-electron chi connectivity index (χ4n) is 12.9. The molecule has 2 aliphatic heterocycles. The van der Waals surface area contributed by atoms with E-state index in [9.17, 15) is 0 Å². The van der Waals surface area contributed by atoms with Crippen molar-refractivity contribution in [1.82, 2.24) is 4.57 Å². The summed E-state index contributed by atoms with van der Waals surface area (Å²) in [6, 6.07) is 78.6. The minimum absolute atomic E-state index is 0.0505. The first-order valence-corrected chi connectivity index (χ1v) is 25.9. The van der Waals surface area contributed by atoms with E-state index in [0.29, 0.717) is 0 Å². The first-order chi connectivity index (χ1) is 34.6. The molecule has 3 aliphatic rings. The van der Waals surface area contributed by atoms with Crippen molar-refractivity contribution in [2.45, 2.75) is 45.4 Å². The van der Waals surface area contributed by atoms with E-state index in [1.54, 1.807) is 0 Å². The van der Waals surface area contributed by atoms with Crippen LogP contribution in [0.4, 0.5) is 11.4 Å². The fraction of sp³-hybridized carbons (Fsp3) is 0.104. The van der Waals surface area contributed by atoms with Crippen molar-refractivity contribution in [3.05, 3.63) is 223 Å². The molecule has 0 saturated carbocycles. The number of nitrogens with zero attached hydrogens (tertiary/aromatic N) is 2. The van der Waals surface area contributed by atoms with Crippen molar-refractivity contribution in [3.8, 4) is 61.3 Å². The van der Waals surface area contributed by atoms with Gasteiger partial charge in [0.1, 0.15) is 0 Å². The summed E-state index contributed by atoms with van der Waals surface area (Å²) in [6.45, 7) is 11.7. The van der Waals surface area contributed by atoms with E-state index in [0.717, 1.165) is 0 Å². The third kappa shape index (κ3) is 5.71. The molecule has 4 heteroatoms. The molecular formula is C67H49BN2S. The summed E-state index contributed by atoms with van der Waals surface area (Å²) in [4.78, 5) is 2.78. The van der Waals surface area contributed by atoms with Crippen LogP contribution in [-0.2, 0) is 10.8 Å². The number of benzene rings is 10. The summed E-state index contributed by atoms with van der Waals surface area (Å²) in [7, 11) is 0. The van der Waals surface area contributed by atoms with E-state index in [1.165, 1.54) is 142 Å². The van der Waals surface area contributed by atoms with Gasteiger partial charge in [-0.3, -0.25) is 0 Å². The quantitative estimate of drug-likeness (QED) is 0.160. The highest BCUT2D eigenvalue weighted by Crippen LogP contribution is 2.57. The molecule has 0 spiro atoms. The normalized spacial score (nSPS) is 14.0. The lowest BCUT2D eigenvalue weighted by molar-refractivity contribution is 0.590. The first kappa shape index (κ1) is 40.9. The topological polar surface area (TPSA) is 8.17 Å². The van der Waals surface area contributed by atoms with Gasteiger partial charge in [0, 0.05) is 70.1 Å². The second-order valence-corrected chi connectivity index (χ2v) is 22.7. The molecule has 0 saturated heterocycles. The van der Waals surface area contributed by atoms with Crippen molar-refractivity contribution < 1.29 is 0 Å². The molecular weight excluding hydrogens is 876 g/mol. The van der Waals surface area contributed by atoms with Crippen LogP contribution in [0.5, 0.6) is 0 Å². The van der Waals surface area contributed by atoms with E-state index >= 15 is 0 Å². The first-order valence-electron chi connectivity index (χ1n) is 25.1. The van der Waals surface area contributed by atoms with Crippen molar-refractivity contribution in [3.63, 3.8) is 0 Å². The Labute approximate surface area is 419 Å². The zero-order chi connectivity index (χ0) is 47.5. The van der Waals surface area contributed by atoms with Gasteiger partial charge in [0.15, 0.2) is 0 Å². The minimum Gasteiger partial charge on any atom is -0.376 e. The maximum absolute atomic E-state index is 2.78. The molecule has 0 N–H and O–H groups in total. The van der Waals surface area contributed by atoms with Crippen LogP contribution in [0, 0.1) is 0 Å². The number of hydrogen-bond acceptors (Lipinski definition) is 2. The predicted molar refractivity (Wildman–Crippen MR) is 305 cm³/mol. The van der Waals surface area contributed by atoms with Gasteiger partial charge in [-0.1, -0.05) is 186 Å². The van der Waals surface area contributed by atoms with E-state index < -0.39 is 0 Å². The maximum atomic E-state index is 2.78. The Morgan fingerprint density at radius 3 is 1.89 bits per heavy atom. The van der Waals surface area contributed by atoms with Gasteiger partial charge in [-0.25, -0.2) is 0 Å². The van der Waals surface area contributed by atoms with Gasteiger partial charge in [-0.15, -0.1) is 11.3 Å². The maximum Gasteiger partial charge on any atom is 0.333 e. The van der Waals surface area contributed by atoms with Crippen LogP contribution in [0.25, 0.3) is 103 Å². The highest BCUT2D eigenvalue weighted by atomic mass is 32.1. The van der Waals surface area contributed by atoms with Gasteiger partial charge in [0.25, 0.3) is 0 Å². The van der Waals surface area contributed by atoms with Crippen LogP contribution >= 0.6 is 11.3 Å². The highest BCUT2D eigenvalue weighted by Gasteiger charge is 2.47. The van der Waals surface area contributed by atoms with Crippen LogP contribution in [-0.4, -0.2) is 11.4 Å². The Morgan fingerprint density at radius 1 is 0.451 bits per heavy atom. The largest absolute Gasteiger partial charge is 0.376 e. The van der Waals surface area contributed by atoms with Crippen LogP contribution < -0.4 is 15.7 Å². The molecule has 0 amide bonds. The molecule has 336 valence electrons. The molecule has 10 aromatic carbocycles. The summed E-state index contributed by atoms with van der Waals surface area (Å²) in [5, 5.41) is 5.18. The number of aromatic nitrogens is 1. The van der Waals surface area contributed by atoms with E-state index in [4.69, 9.17) is 0 Å². The lowest BCUT2D eigenvalue weighted by Gasteiger charge is -2.44. The molecule has 71 heavy (non-hydrogen) atoms. The van der Waals surface area contributed by atoms with Crippen molar-refractivity contribution >= 4 is 82.5 Å². The summed E-state index contributed by atoms with van der Waals surface area (Å²) in [5.41, 5.74) is 25.5. The number of anilines is 2. The van der Waals surface area contributed by atoms with Crippen LogP contribution in [0.15, 0.2) is 206 Å². The van der Waals surface area contributed by atoms with Crippen molar-refractivity contribution in [2.24, 2.45) is 0 Å². The Hall–Kier alpha value is -7.92. The van der Waals surface area contributed by atoms with Gasteiger partial charge in [0.2, 0.25) is 0 Å². The molecule has 15 rings (SSSR count). The monoisotopic (exact) mass is 924 g/mol. The van der Waals surface area contributed by atoms with Crippen molar-refractivity contribution in [1.29, 1.82) is 0 Å². The SMILES string of the molecule is CC(C)(C)c1ccc(N2B3c4c(cc5c(sc6ccccc65)c4-c4cc5c(cc42)-c2ccccc2C5(C)C)-n2c4ccc(-c5ccccc5)cc4c4cc(-c5ccccc5)cc3c42)c(-c2ccccc2)c1. The zero-order valence-corrected chi connectivity index (χ0v) is 41.3. The number of rotatable bonds is 4.